The van der Waals surface area contributed by atoms with Crippen molar-refractivity contribution in [3.8, 4) is 0 Å². The van der Waals surface area contributed by atoms with E-state index in [0.29, 0.717) is 30.5 Å². The Balaban J connectivity index is 1.38. The second-order valence-corrected chi connectivity index (χ2v) is 7.26. The monoisotopic (exact) mass is 316 g/mol. The van der Waals surface area contributed by atoms with E-state index in [0.717, 1.165) is 25.9 Å². The maximum atomic E-state index is 12.0. The number of piperidine rings is 1. The molecule has 23 heavy (non-hydrogen) atoms. The predicted molar refractivity (Wildman–Crippen MR) is 91.5 cm³/mol. The molecule has 1 heterocycles. The number of nitrogens with one attached hydrogen (secondary N) is 1. The summed E-state index contributed by atoms with van der Waals surface area (Å²) in [6, 6.07) is 11.9. The van der Waals surface area contributed by atoms with Crippen LogP contribution in [0.3, 0.4) is 0 Å². The first-order valence-electron chi connectivity index (χ1n) is 8.86. The van der Waals surface area contributed by atoms with Gasteiger partial charge in [0.2, 0.25) is 0 Å². The smallest absolute Gasteiger partial charge is 0.409 e. The average molecular weight is 316 g/mol. The summed E-state index contributed by atoms with van der Waals surface area (Å²) in [6.07, 6.45) is 3.13. The van der Waals surface area contributed by atoms with Gasteiger partial charge in [-0.15, -0.1) is 0 Å². The summed E-state index contributed by atoms with van der Waals surface area (Å²) < 4.78 is 5.31. The highest BCUT2D eigenvalue weighted by Gasteiger charge is 2.39. The van der Waals surface area contributed by atoms with E-state index in [9.17, 15) is 4.79 Å². The quantitative estimate of drug-likeness (QED) is 0.905. The first kappa shape index (κ1) is 16.3. The molecule has 2 aliphatic rings. The Kier molecular flexibility index (Phi) is 5.21. The highest BCUT2D eigenvalue weighted by Crippen LogP contribution is 2.41. The standard InChI is InChI=1S/C19H28N2O2/c1-14(2)13-23-19(22)21-10-8-16(9-11-21)20-18-12-17(18)15-6-4-3-5-7-15/h3-7,14,16-18,20H,8-13H2,1-2H3/t17-,18+/m0/s1. The summed E-state index contributed by atoms with van der Waals surface area (Å²) in [4.78, 5) is 13.8. The Bertz CT molecular complexity index is 509. The number of carbonyl (C=O) groups is 1. The zero-order chi connectivity index (χ0) is 16.2. The third-order valence-electron chi connectivity index (χ3n) is 4.76. The molecule has 1 aromatic rings. The lowest BCUT2D eigenvalue weighted by molar-refractivity contribution is 0.0817. The van der Waals surface area contributed by atoms with Crippen LogP contribution in [0.25, 0.3) is 0 Å². The Morgan fingerprint density at radius 1 is 1.26 bits per heavy atom. The van der Waals surface area contributed by atoms with Crippen LogP contribution in [-0.2, 0) is 4.74 Å². The van der Waals surface area contributed by atoms with E-state index in [-0.39, 0.29) is 6.09 Å². The van der Waals surface area contributed by atoms with Gasteiger partial charge in [-0.05, 0) is 30.7 Å². The molecule has 0 bridgehead atoms. The number of benzene rings is 1. The van der Waals surface area contributed by atoms with Gasteiger partial charge in [0, 0.05) is 31.1 Å². The Hall–Kier alpha value is -1.55. The van der Waals surface area contributed by atoms with E-state index >= 15 is 0 Å². The van der Waals surface area contributed by atoms with Crippen LogP contribution in [-0.4, -0.2) is 42.8 Å². The van der Waals surface area contributed by atoms with Crippen molar-refractivity contribution >= 4 is 6.09 Å². The van der Waals surface area contributed by atoms with Gasteiger partial charge >= 0.3 is 6.09 Å². The van der Waals surface area contributed by atoms with Crippen molar-refractivity contribution in [3.63, 3.8) is 0 Å². The molecular formula is C19H28N2O2. The first-order valence-corrected chi connectivity index (χ1v) is 8.86. The van der Waals surface area contributed by atoms with Gasteiger partial charge in [0.05, 0.1) is 6.61 Å². The van der Waals surface area contributed by atoms with E-state index < -0.39 is 0 Å². The first-order chi connectivity index (χ1) is 11.1. The van der Waals surface area contributed by atoms with Gasteiger partial charge in [-0.25, -0.2) is 4.79 Å². The fourth-order valence-corrected chi connectivity index (χ4v) is 3.31. The summed E-state index contributed by atoms with van der Waals surface area (Å²) >= 11 is 0. The van der Waals surface area contributed by atoms with Gasteiger partial charge in [-0.3, -0.25) is 0 Å². The second kappa shape index (κ2) is 7.35. The number of hydrogen-bond acceptors (Lipinski definition) is 3. The molecule has 1 saturated carbocycles. The maximum absolute atomic E-state index is 12.0. The topological polar surface area (TPSA) is 41.6 Å². The number of hydrogen-bond donors (Lipinski definition) is 1. The van der Waals surface area contributed by atoms with Crippen molar-refractivity contribution < 1.29 is 9.53 Å². The van der Waals surface area contributed by atoms with E-state index in [1.807, 2.05) is 4.90 Å². The van der Waals surface area contributed by atoms with Crippen molar-refractivity contribution in [2.45, 2.75) is 51.1 Å². The highest BCUT2D eigenvalue weighted by atomic mass is 16.6. The van der Waals surface area contributed by atoms with Crippen LogP contribution in [0, 0.1) is 5.92 Å². The van der Waals surface area contributed by atoms with Crippen LogP contribution in [0.2, 0.25) is 0 Å². The molecular weight excluding hydrogens is 288 g/mol. The lowest BCUT2D eigenvalue weighted by Gasteiger charge is -2.32. The Morgan fingerprint density at radius 2 is 1.96 bits per heavy atom. The molecule has 1 aromatic carbocycles. The van der Waals surface area contributed by atoms with Gasteiger partial charge in [0.15, 0.2) is 0 Å². The average Bonchev–Trinajstić information content (AvgIpc) is 3.33. The molecule has 4 heteroatoms. The van der Waals surface area contributed by atoms with E-state index in [4.69, 9.17) is 4.74 Å². The summed E-state index contributed by atoms with van der Waals surface area (Å²) in [5.74, 6) is 1.06. The lowest BCUT2D eigenvalue weighted by atomic mass is 10.0. The summed E-state index contributed by atoms with van der Waals surface area (Å²) in [5.41, 5.74) is 1.44. The van der Waals surface area contributed by atoms with Gasteiger partial charge in [-0.1, -0.05) is 44.2 Å². The molecule has 126 valence electrons. The Labute approximate surface area is 139 Å². The molecule has 0 spiro atoms. The zero-order valence-corrected chi connectivity index (χ0v) is 14.2. The minimum atomic E-state index is -0.147. The van der Waals surface area contributed by atoms with E-state index in [1.165, 1.54) is 12.0 Å². The number of ether oxygens (including phenoxy) is 1. The van der Waals surface area contributed by atoms with Gasteiger partial charge < -0.3 is 15.0 Å². The fourth-order valence-electron chi connectivity index (χ4n) is 3.31. The molecule has 2 atom stereocenters. The SMILES string of the molecule is CC(C)COC(=O)N1CCC(N[C@@H]2C[C@H]2c2ccccc2)CC1. The summed E-state index contributed by atoms with van der Waals surface area (Å²) in [7, 11) is 0. The molecule has 1 aliphatic carbocycles. The van der Waals surface area contributed by atoms with E-state index in [2.05, 4.69) is 49.5 Å². The van der Waals surface area contributed by atoms with Crippen molar-refractivity contribution in [1.82, 2.24) is 10.2 Å². The highest BCUT2D eigenvalue weighted by molar-refractivity contribution is 5.67. The summed E-state index contributed by atoms with van der Waals surface area (Å²) in [6.45, 7) is 6.23. The largest absolute Gasteiger partial charge is 0.449 e. The van der Waals surface area contributed by atoms with Gasteiger partial charge in [-0.2, -0.15) is 0 Å². The molecule has 4 nitrogen and oxygen atoms in total. The van der Waals surface area contributed by atoms with Gasteiger partial charge in [0.1, 0.15) is 0 Å². The molecule has 0 radical (unpaired) electrons. The molecule has 1 saturated heterocycles. The van der Waals surface area contributed by atoms with E-state index in [1.54, 1.807) is 0 Å². The number of carbonyl (C=O) groups excluding carboxylic acids is 1. The van der Waals surface area contributed by atoms with Crippen molar-refractivity contribution in [3.05, 3.63) is 35.9 Å². The third kappa shape index (κ3) is 4.47. The number of nitrogens with zero attached hydrogens (tertiary/aromatic N) is 1. The molecule has 2 fully saturated rings. The van der Waals surface area contributed by atoms with Gasteiger partial charge in [0.25, 0.3) is 0 Å². The minimum Gasteiger partial charge on any atom is -0.449 e. The van der Waals surface area contributed by atoms with Crippen LogP contribution in [0.1, 0.15) is 44.6 Å². The maximum Gasteiger partial charge on any atom is 0.409 e. The zero-order valence-electron chi connectivity index (χ0n) is 14.2. The molecule has 1 amide bonds. The fraction of sp³-hybridized carbons (Fsp3) is 0.632. The van der Waals surface area contributed by atoms with Crippen molar-refractivity contribution in [2.75, 3.05) is 19.7 Å². The second-order valence-electron chi connectivity index (χ2n) is 7.26. The predicted octanol–water partition coefficient (Wildman–Crippen LogP) is 3.39. The molecule has 0 aromatic heterocycles. The minimum absolute atomic E-state index is 0.147. The van der Waals surface area contributed by atoms with Crippen LogP contribution >= 0.6 is 0 Å². The van der Waals surface area contributed by atoms with Crippen LogP contribution in [0.15, 0.2) is 30.3 Å². The summed E-state index contributed by atoms with van der Waals surface area (Å²) in [5, 5.41) is 3.77. The number of amides is 1. The van der Waals surface area contributed by atoms with Crippen molar-refractivity contribution in [1.29, 1.82) is 0 Å². The number of rotatable bonds is 5. The van der Waals surface area contributed by atoms with Crippen LogP contribution < -0.4 is 5.32 Å². The number of likely N-dealkylation sites (tertiary alicyclic amines) is 1. The Morgan fingerprint density at radius 3 is 2.61 bits per heavy atom. The molecule has 1 aliphatic heterocycles. The van der Waals surface area contributed by atoms with Crippen LogP contribution in [0.5, 0.6) is 0 Å². The molecule has 1 N–H and O–H groups in total. The van der Waals surface area contributed by atoms with Crippen LogP contribution in [0.4, 0.5) is 4.79 Å². The normalized spacial score (nSPS) is 24.7. The molecule has 0 unspecified atom stereocenters. The third-order valence-corrected chi connectivity index (χ3v) is 4.76. The lowest BCUT2D eigenvalue weighted by Crippen LogP contribution is -2.46. The van der Waals surface area contributed by atoms with Crippen molar-refractivity contribution in [2.24, 2.45) is 5.92 Å². The molecule has 3 rings (SSSR count).